The Hall–Kier alpha value is -1.43. The van der Waals surface area contributed by atoms with Crippen LogP contribution in [0.2, 0.25) is 0 Å². The third kappa shape index (κ3) is 4.59. The normalized spacial score (nSPS) is 20.4. The highest BCUT2D eigenvalue weighted by Crippen LogP contribution is 2.09. The van der Waals surface area contributed by atoms with Crippen LogP contribution in [-0.4, -0.2) is 44.4 Å². The summed E-state index contributed by atoms with van der Waals surface area (Å²) in [6, 6.07) is 7.47. The number of anilines is 1. The van der Waals surface area contributed by atoms with Crippen molar-refractivity contribution in [3.63, 3.8) is 0 Å². The van der Waals surface area contributed by atoms with Crippen LogP contribution in [0.15, 0.2) is 24.3 Å². The molecule has 20 heavy (non-hydrogen) atoms. The zero-order valence-electron chi connectivity index (χ0n) is 12.0. The second-order valence-corrected chi connectivity index (χ2v) is 5.05. The minimum atomic E-state index is -0.276. The maximum atomic E-state index is 12.0. The van der Waals surface area contributed by atoms with E-state index in [0.29, 0.717) is 26.4 Å². The highest BCUT2D eigenvalue weighted by atomic mass is 16.6. The number of hydrogen-bond donors (Lipinski definition) is 2. The van der Waals surface area contributed by atoms with Gasteiger partial charge in [0.05, 0.1) is 32.0 Å². The Morgan fingerprint density at radius 1 is 1.35 bits per heavy atom. The van der Waals surface area contributed by atoms with Crippen molar-refractivity contribution in [2.45, 2.75) is 26.0 Å². The van der Waals surface area contributed by atoms with Crippen molar-refractivity contribution >= 4 is 11.6 Å². The second kappa shape index (κ2) is 7.38. The lowest BCUT2D eigenvalue weighted by molar-refractivity contribution is -0.118. The van der Waals surface area contributed by atoms with Gasteiger partial charge in [0, 0.05) is 12.2 Å². The van der Waals surface area contributed by atoms with E-state index in [-0.39, 0.29) is 18.1 Å². The van der Waals surface area contributed by atoms with Crippen molar-refractivity contribution in [1.29, 1.82) is 0 Å². The van der Waals surface area contributed by atoms with E-state index in [4.69, 9.17) is 9.47 Å². The first kappa shape index (κ1) is 15.0. The zero-order valence-corrected chi connectivity index (χ0v) is 12.0. The van der Waals surface area contributed by atoms with Crippen molar-refractivity contribution in [1.82, 2.24) is 5.32 Å². The molecule has 2 atom stereocenters. The number of nitrogens with one attached hydrogen (secondary N) is 2. The van der Waals surface area contributed by atoms with Crippen LogP contribution in [0.4, 0.5) is 5.69 Å². The number of hydrogen-bond acceptors (Lipinski definition) is 4. The van der Waals surface area contributed by atoms with Gasteiger partial charge in [-0.2, -0.15) is 0 Å². The highest BCUT2D eigenvalue weighted by molar-refractivity contribution is 5.94. The molecule has 0 spiro atoms. The summed E-state index contributed by atoms with van der Waals surface area (Å²) in [5.41, 5.74) is 1.98. The minimum Gasteiger partial charge on any atom is -0.376 e. The topological polar surface area (TPSA) is 59.6 Å². The predicted molar refractivity (Wildman–Crippen MR) is 77.8 cm³/mol. The summed E-state index contributed by atoms with van der Waals surface area (Å²) in [6.45, 7) is 6.33. The molecule has 110 valence electrons. The molecule has 1 aliphatic heterocycles. The van der Waals surface area contributed by atoms with Gasteiger partial charge in [0.25, 0.3) is 0 Å². The minimum absolute atomic E-state index is 0.0263. The van der Waals surface area contributed by atoms with Crippen molar-refractivity contribution in [2.75, 3.05) is 31.7 Å². The highest BCUT2D eigenvalue weighted by Gasteiger charge is 2.18. The second-order valence-electron chi connectivity index (χ2n) is 5.05. The van der Waals surface area contributed by atoms with Gasteiger partial charge in [-0.15, -0.1) is 0 Å². The van der Waals surface area contributed by atoms with E-state index < -0.39 is 0 Å². The van der Waals surface area contributed by atoms with Gasteiger partial charge in [0.1, 0.15) is 0 Å². The van der Waals surface area contributed by atoms with Crippen LogP contribution in [0.25, 0.3) is 0 Å². The van der Waals surface area contributed by atoms with Crippen molar-refractivity contribution < 1.29 is 14.3 Å². The third-order valence-electron chi connectivity index (χ3n) is 3.25. The summed E-state index contributed by atoms with van der Waals surface area (Å²) < 4.78 is 10.8. The molecule has 1 heterocycles. The smallest absolute Gasteiger partial charge is 0.241 e. The molecule has 1 aromatic carbocycles. The fourth-order valence-electron chi connectivity index (χ4n) is 1.94. The van der Waals surface area contributed by atoms with E-state index in [1.165, 1.54) is 5.56 Å². The number of aryl methyl sites for hydroxylation is 1. The van der Waals surface area contributed by atoms with E-state index >= 15 is 0 Å². The van der Waals surface area contributed by atoms with Crippen LogP contribution in [0, 0.1) is 6.92 Å². The Morgan fingerprint density at radius 3 is 2.75 bits per heavy atom. The molecule has 2 N–H and O–H groups in total. The zero-order chi connectivity index (χ0) is 14.4. The average molecular weight is 278 g/mol. The van der Waals surface area contributed by atoms with Gasteiger partial charge in [0.2, 0.25) is 5.91 Å². The average Bonchev–Trinajstić information content (AvgIpc) is 2.48. The Bertz CT molecular complexity index is 427. The quantitative estimate of drug-likeness (QED) is 0.853. The molecule has 0 bridgehead atoms. The molecule has 0 aliphatic carbocycles. The van der Waals surface area contributed by atoms with E-state index in [1.807, 2.05) is 38.1 Å². The Morgan fingerprint density at radius 2 is 2.10 bits per heavy atom. The summed E-state index contributed by atoms with van der Waals surface area (Å²) in [7, 11) is 0. The Labute approximate surface area is 119 Å². The monoisotopic (exact) mass is 278 g/mol. The van der Waals surface area contributed by atoms with E-state index in [2.05, 4.69) is 10.6 Å². The first-order valence-corrected chi connectivity index (χ1v) is 6.95. The lowest BCUT2D eigenvalue weighted by atomic mass is 10.2. The largest absolute Gasteiger partial charge is 0.376 e. The lowest BCUT2D eigenvalue weighted by Crippen LogP contribution is -2.45. The van der Waals surface area contributed by atoms with Crippen LogP contribution in [0.1, 0.15) is 12.5 Å². The summed E-state index contributed by atoms with van der Waals surface area (Å²) in [5.74, 6) is -0.0504. The van der Waals surface area contributed by atoms with Crippen LogP contribution in [0.5, 0.6) is 0 Å². The van der Waals surface area contributed by atoms with E-state index in [1.54, 1.807) is 0 Å². The first-order chi connectivity index (χ1) is 9.65. The van der Waals surface area contributed by atoms with Gasteiger partial charge in [-0.3, -0.25) is 4.79 Å². The molecule has 1 aromatic rings. The predicted octanol–water partition coefficient (Wildman–Crippen LogP) is 1.33. The van der Waals surface area contributed by atoms with Crippen molar-refractivity contribution in [2.24, 2.45) is 0 Å². The van der Waals surface area contributed by atoms with Crippen LogP contribution in [-0.2, 0) is 14.3 Å². The van der Waals surface area contributed by atoms with E-state index in [9.17, 15) is 4.79 Å². The molecule has 1 amide bonds. The molecule has 2 unspecified atom stereocenters. The molecule has 1 saturated heterocycles. The van der Waals surface area contributed by atoms with Crippen LogP contribution < -0.4 is 10.6 Å². The fraction of sp³-hybridized carbons (Fsp3) is 0.533. The fourth-order valence-corrected chi connectivity index (χ4v) is 1.94. The summed E-state index contributed by atoms with van der Waals surface area (Å²) in [5, 5.41) is 6.05. The SMILES string of the molecule is Cc1ccc(NC(=O)C(C)NCC2COCCO2)cc1. The molecule has 2 rings (SSSR count). The molecular weight excluding hydrogens is 256 g/mol. The molecule has 0 saturated carbocycles. The number of benzene rings is 1. The van der Waals surface area contributed by atoms with Crippen molar-refractivity contribution in [3.05, 3.63) is 29.8 Å². The molecule has 0 aromatic heterocycles. The number of rotatable bonds is 5. The number of ether oxygens (including phenoxy) is 2. The van der Waals surface area contributed by atoms with Crippen molar-refractivity contribution in [3.8, 4) is 0 Å². The van der Waals surface area contributed by atoms with Gasteiger partial charge in [-0.1, -0.05) is 17.7 Å². The maximum Gasteiger partial charge on any atom is 0.241 e. The van der Waals surface area contributed by atoms with Crippen LogP contribution >= 0.6 is 0 Å². The Kier molecular flexibility index (Phi) is 5.52. The number of carbonyl (C=O) groups is 1. The number of amides is 1. The Balaban J connectivity index is 1.75. The summed E-state index contributed by atoms with van der Waals surface area (Å²) in [4.78, 5) is 12.0. The van der Waals surface area contributed by atoms with Crippen LogP contribution in [0.3, 0.4) is 0 Å². The molecule has 1 aliphatic rings. The van der Waals surface area contributed by atoms with Gasteiger partial charge in [-0.25, -0.2) is 0 Å². The molecular formula is C15H22N2O3. The number of carbonyl (C=O) groups excluding carboxylic acids is 1. The third-order valence-corrected chi connectivity index (χ3v) is 3.25. The van der Waals surface area contributed by atoms with Gasteiger partial charge in [-0.05, 0) is 26.0 Å². The molecule has 5 nitrogen and oxygen atoms in total. The molecule has 0 radical (unpaired) electrons. The molecule has 5 heteroatoms. The molecule has 1 fully saturated rings. The maximum absolute atomic E-state index is 12.0. The van der Waals surface area contributed by atoms with Gasteiger partial charge >= 0.3 is 0 Å². The van der Waals surface area contributed by atoms with Gasteiger partial charge < -0.3 is 20.1 Å². The summed E-state index contributed by atoms with van der Waals surface area (Å²) >= 11 is 0. The summed E-state index contributed by atoms with van der Waals surface area (Å²) in [6.07, 6.45) is 0.0263. The lowest BCUT2D eigenvalue weighted by Gasteiger charge is -2.24. The van der Waals surface area contributed by atoms with E-state index in [0.717, 1.165) is 5.69 Å². The first-order valence-electron chi connectivity index (χ1n) is 6.95. The standard InChI is InChI=1S/C15H22N2O3/c1-11-3-5-13(6-4-11)17-15(18)12(2)16-9-14-10-19-7-8-20-14/h3-6,12,14,16H,7-10H2,1-2H3,(H,17,18). The van der Waals surface area contributed by atoms with Gasteiger partial charge in [0.15, 0.2) is 0 Å².